The summed E-state index contributed by atoms with van der Waals surface area (Å²) in [6, 6.07) is 6.43. The van der Waals surface area contributed by atoms with Crippen molar-refractivity contribution in [3.05, 3.63) is 35.2 Å². The second kappa shape index (κ2) is 5.73. The predicted molar refractivity (Wildman–Crippen MR) is 93.0 cm³/mol. The van der Waals surface area contributed by atoms with Crippen LogP contribution in [0.3, 0.4) is 0 Å². The van der Waals surface area contributed by atoms with E-state index in [0.29, 0.717) is 6.54 Å². The number of benzene rings is 1. The summed E-state index contributed by atoms with van der Waals surface area (Å²) in [5.41, 5.74) is 2.18. The first kappa shape index (κ1) is 14.5. The largest absolute Gasteiger partial charge is 0.364 e. The molecule has 2 heterocycles. The van der Waals surface area contributed by atoms with Crippen LogP contribution in [0.4, 0.5) is 5.69 Å². The molecule has 0 unspecified atom stereocenters. The van der Waals surface area contributed by atoms with Gasteiger partial charge in [-0.05, 0) is 31.4 Å². The van der Waals surface area contributed by atoms with Gasteiger partial charge in [0.05, 0.1) is 5.69 Å². The van der Waals surface area contributed by atoms with Crippen LogP contribution in [0.5, 0.6) is 0 Å². The number of anilines is 1. The third-order valence-electron chi connectivity index (χ3n) is 3.52. The summed E-state index contributed by atoms with van der Waals surface area (Å²) >= 11 is 3.31. The minimum Gasteiger partial charge on any atom is -0.364 e. The van der Waals surface area contributed by atoms with Crippen LogP contribution >= 0.6 is 23.1 Å². The van der Waals surface area contributed by atoms with Crippen molar-refractivity contribution in [1.29, 1.82) is 0 Å². The van der Waals surface area contributed by atoms with Gasteiger partial charge in [0.15, 0.2) is 0 Å². The molecule has 0 aliphatic carbocycles. The van der Waals surface area contributed by atoms with Crippen molar-refractivity contribution < 1.29 is 4.79 Å². The molecule has 2 aromatic rings. The molecule has 110 valence electrons. The van der Waals surface area contributed by atoms with Gasteiger partial charge in [-0.15, -0.1) is 23.1 Å². The molecule has 0 bridgehead atoms. The van der Waals surface area contributed by atoms with Crippen molar-refractivity contribution in [2.24, 2.45) is 0 Å². The van der Waals surface area contributed by atoms with Gasteiger partial charge in [-0.25, -0.2) is 0 Å². The SMILES string of the molecule is C=C(C)CN1CCNC(=O)c2sc3ccc(SC)cc3c21. The minimum atomic E-state index is 0.0427. The Labute approximate surface area is 133 Å². The fourth-order valence-electron chi connectivity index (χ4n) is 2.64. The molecule has 1 amide bonds. The monoisotopic (exact) mass is 318 g/mol. The first-order chi connectivity index (χ1) is 10.1. The number of hydrogen-bond donors (Lipinski definition) is 1. The van der Waals surface area contributed by atoms with Crippen LogP contribution in [0, 0.1) is 0 Å². The van der Waals surface area contributed by atoms with E-state index < -0.39 is 0 Å². The predicted octanol–water partition coefficient (Wildman–Crippen LogP) is 3.75. The molecule has 1 N–H and O–H groups in total. The van der Waals surface area contributed by atoms with E-state index in [2.05, 4.69) is 41.3 Å². The highest BCUT2D eigenvalue weighted by atomic mass is 32.2. The molecule has 1 aromatic carbocycles. The van der Waals surface area contributed by atoms with Gasteiger partial charge in [0, 0.05) is 34.6 Å². The lowest BCUT2D eigenvalue weighted by Gasteiger charge is -2.23. The summed E-state index contributed by atoms with van der Waals surface area (Å²) in [5, 5.41) is 4.17. The van der Waals surface area contributed by atoms with Gasteiger partial charge in [-0.1, -0.05) is 12.2 Å². The van der Waals surface area contributed by atoms with Crippen molar-refractivity contribution in [3.8, 4) is 0 Å². The smallest absolute Gasteiger partial charge is 0.263 e. The molecule has 1 aliphatic rings. The Kier molecular flexibility index (Phi) is 3.95. The lowest BCUT2D eigenvalue weighted by atomic mass is 10.2. The highest BCUT2D eigenvalue weighted by Crippen LogP contribution is 2.40. The fourth-order valence-corrected chi connectivity index (χ4v) is 4.20. The molecule has 1 aromatic heterocycles. The number of nitrogens with one attached hydrogen (secondary N) is 1. The fraction of sp³-hybridized carbons (Fsp3) is 0.312. The number of nitrogens with zero attached hydrogens (tertiary/aromatic N) is 1. The number of hydrogen-bond acceptors (Lipinski definition) is 4. The molecule has 1 aliphatic heterocycles. The van der Waals surface area contributed by atoms with Crippen LogP contribution in [0.1, 0.15) is 16.6 Å². The van der Waals surface area contributed by atoms with Gasteiger partial charge in [0.2, 0.25) is 0 Å². The Morgan fingerprint density at radius 1 is 1.52 bits per heavy atom. The minimum absolute atomic E-state index is 0.0427. The van der Waals surface area contributed by atoms with Crippen LogP contribution in [-0.2, 0) is 0 Å². The van der Waals surface area contributed by atoms with Crippen LogP contribution < -0.4 is 10.2 Å². The van der Waals surface area contributed by atoms with Gasteiger partial charge >= 0.3 is 0 Å². The first-order valence-electron chi connectivity index (χ1n) is 6.88. The third kappa shape index (κ3) is 2.68. The van der Waals surface area contributed by atoms with Gasteiger partial charge < -0.3 is 10.2 Å². The number of thioether (sulfide) groups is 1. The quantitative estimate of drug-likeness (QED) is 0.691. The van der Waals surface area contributed by atoms with Crippen molar-refractivity contribution in [1.82, 2.24) is 5.32 Å². The Hall–Kier alpha value is -1.46. The Morgan fingerprint density at radius 2 is 2.33 bits per heavy atom. The maximum atomic E-state index is 12.3. The molecule has 3 rings (SSSR count). The molecule has 0 spiro atoms. The standard InChI is InChI=1S/C16H18N2OS2/c1-10(2)9-18-7-6-17-16(19)15-14(18)12-8-11(20-3)4-5-13(12)21-15/h4-5,8H,1,6-7,9H2,2-3H3,(H,17,19). The molecule has 0 fully saturated rings. The van der Waals surface area contributed by atoms with E-state index in [1.165, 1.54) is 15.0 Å². The Morgan fingerprint density at radius 3 is 3.05 bits per heavy atom. The topological polar surface area (TPSA) is 32.3 Å². The van der Waals surface area contributed by atoms with Crippen LogP contribution in [-0.4, -0.2) is 31.8 Å². The van der Waals surface area contributed by atoms with Gasteiger partial charge in [-0.2, -0.15) is 0 Å². The van der Waals surface area contributed by atoms with Crippen LogP contribution in [0.25, 0.3) is 10.1 Å². The van der Waals surface area contributed by atoms with Gasteiger partial charge in [-0.3, -0.25) is 4.79 Å². The number of amides is 1. The summed E-state index contributed by atoms with van der Waals surface area (Å²) in [7, 11) is 0. The molecule has 21 heavy (non-hydrogen) atoms. The zero-order valence-electron chi connectivity index (χ0n) is 12.2. The zero-order chi connectivity index (χ0) is 15.0. The number of thiophene rings is 1. The van der Waals surface area contributed by atoms with Crippen molar-refractivity contribution >= 4 is 44.8 Å². The zero-order valence-corrected chi connectivity index (χ0v) is 13.9. The molecule has 0 saturated heterocycles. The molecule has 5 heteroatoms. The maximum Gasteiger partial charge on any atom is 0.263 e. The lowest BCUT2D eigenvalue weighted by molar-refractivity contribution is 0.0962. The van der Waals surface area contributed by atoms with Crippen LogP contribution in [0.2, 0.25) is 0 Å². The second-order valence-corrected chi connectivity index (χ2v) is 7.21. The molecule has 0 atom stereocenters. The molecule has 0 radical (unpaired) electrons. The van der Waals surface area contributed by atoms with E-state index in [4.69, 9.17) is 0 Å². The van der Waals surface area contributed by atoms with Crippen molar-refractivity contribution in [2.75, 3.05) is 30.8 Å². The maximum absolute atomic E-state index is 12.3. The van der Waals surface area contributed by atoms with Crippen molar-refractivity contribution in [2.45, 2.75) is 11.8 Å². The molecule has 3 nitrogen and oxygen atoms in total. The molecular weight excluding hydrogens is 300 g/mol. The highest BCUT2D eigenvalue weighted by molar-refractivity contribution is 7.98. The normalized spacial score (nSPS) is 14.8. The number of rotatable bonds is 3. The van der Waals surface area contributed by atoms with Crippen LogP contribution in [0.15, 0.2) is 35.2 Å². The summed E-state index contributed by atoms with van der Waals surface area (Å²) in [4.78, 5) is 16.6. The average molecular weight is 318 g/mol. The van der Waals surface area contributed by atoms with E-state index in [-0.39, 0.29) is 5.91 Å². The summed E-state index contributed by atoms with van der Waals surface area (Å²) in [5.74, 6) is 0.0427. The third-order valence-corrected chi connectivity index (χ3v) is 5.40. The Bertz CT molecular complexity index is 720. The second-order valence-electron chi connectivity index (χ2n) is 5.28. The Balaban J connectivity index is 2.21. The average Bonchev–Trinajstić information content (AvgIpc) is 2.76. The number of carbonyl (C=O) groups excluding carboxylic acids is 1. The summed E-state index contributed by atoms with van der Waals surface area (Å²) in [6.45, 7) is 8.34. The number of fused-ring (bicyclic) bond motifs is 3. The number of carbonyl (C=O) groups is 1. The van der Waals surface area contributed by atoms with E-state index in [0.717, 1.165) is 29.2 Å². The highest BCUT2D eigenvalue weighted by Gasteiger charge is 2.25. The van der Waals surface area contributed by atoms with E-state index in [1.54, 1.807) is 23.1 Å². The van der Waals surface area contributed by atoms with Gasteiger partial charge in [0.25, 0.3) is 5.91 Å². The van der Waals surface area contributed by atoms with Gasteiger partial charge in [0.1, 0.15) is 4.88 Å². The first-order valence-corrected chi connectivity index (χ1v) is 8.92. The molecular formula is C16H18N2OS2. The van der Waals surface area contributed by atoms with Crippen molar-refractivity contribution in [3.63, 3.8) is 0 Å². The van der Waals surface area contributed by atoms with E-state index in [9.17, 15) is 4.79 Å². The summed E-state index contributed by atoms with van der Waals surface area (Å²) in [6.07, 6.45) is 2.07. The lowest BCUT2D eigenvalue weighted by Crippen LogP contribution is -2.31. The summed E-state index contributed by atoms with van der Waals surface area (Å²) < 4.78 is 1.17. The van der Waals surface area contributed by atoms with E-state index in [1.807, 2.05) is 6.92 Å². The molecule has 0 saturated carbocycles. The van der Waals surface area contributed by atoms with E-state index >= 15 is 0 Å².